The van der Waals surface area contributed by atoms with Gasteiger partial charge < -0.3 is 4.57 Å². The normalized spacial score (nSPS) is 13.1. The number of ketones is 1. The van der Waals surface area contributed by atoms with E-state index >= 15 is 0 Å². The highest BCUT2D eigenvalue weighted by Crippen LogP contribution is 2.25. The Hall–Kier alpha value is -0.760. The van der Waals surface area contributed by atoms with Gasteiger partial charge in [-0.3, -0.25) is 4.79 Å². The van der Waals surface area contributed by atoms with Crippen molar-refractivity contribution in [2.45, 2.75) is 53.5 Å². The summed E-state index contributed by atoms with van der Waals surface area (Å²) in [5, 5.41) is 0. The van der Waals surface area contributed by atoms with Crippen molar-refractivity contribution in [2.24, 2.45) is 5.92 Å². The average molecular weight is 270 g/mol. The fraction of sp³-hybridized carbons (Fsp3) is 0.667. The Bertz CT molecular complexity index is 420. The highest BCUT2D eigenvalue weighted by molar-refractivity contribution is 6.30. The van der Waals surface area contributed by atoms with Crippen LogP contribution in [-0.2, 0) is 0 Å². The van der Waals surface area contributed by atoms with E-state index in [9.17, 15) is 4.79 Å². The number of aryl methyl sites for hydroxylation is 1. The van der Waals surface area contributed by atoms with Crippen LogP contribution in [0.3, 0.4) is 0 Å². The zero-order valence-corrected chi connectivity index (χ0v) is 12.8. The van der Waals surface area contributed by atoms with E-state index in [0.717, 1.165) is 23.4 Å². The summed E-state index contributed by atoms with van der Waals surface area (Å²) in [4.78, 5) is 11.7. The molecule has 0 amide bonds. The number of Topliss-reactive ketones (excluding diaryl/α,β-unsaturated/α-hetero) is 1. The summed E-state index contributed by atoms with van der Waals surface area (Å²) in [5.41, 5.74) is 2.98. The molecule has 1 aromatic rings. The van der Waals surface area contributed by atoms with Gasteiger partial charge in [-0.05, 0) is 45.6 Å². The third-order valence-corrected chi connectivity index (χ3v) is 3.75. The summed E-state index contributed by atoms with van der Waals surface area (Å²) in [6.45, 7) is 10.8. The number of alkyl halides is 1. The Kier molecular flexibility index (Phi) is 5.46. The number of halogens is 1. The molecular formula is C15H24ClNO. The molecule has 102 valence electrons. The Morgan fingerprint density at radius 2 is 1.89 bits per heavy atom. The van der Waals surface area contributed by atoms with Gasteiger partial charge in [-0.25, -0.2) is 0 Å². The zero-order valence-electron chi connectivity index (χ0n) is 12.1. The number of rotatable bonds is 6. The van der Waals surface area contributed by atoms with Gasteiger partial charge in [-0.2, -0.15) is 0 Å². The lowest BCUT2D eigenvalue weighted by atomic mass is 10.0. The van der Waals surface area contributed by atoms with Gasteiger partial charge in [0.1, 0.15) is 0 Å². The second-order valence-corrected chi connectivity index (χ2v) is 5.80. The molecule has 0 aromatic carbocycles. The molecular weight excluding hydrogens is 246 g/mol. The molecule has 1 unspecified atom stereocenters. The van der Waals surface area contributed by atoms with Crippen molar-refractivity contribution in [1.29, 1.82) is 0 Å². The molecule has 1 aromatic heterocycles. The first-order valence-corrected chi connectivity index (χ1v) is 7.19. The van der Waals surface area contributed by atoms with E-state index in [0.29, 0.717) is 12.0 Å². The number of nitrogens with zero attached hydrogens (tertiary/aromatic N) is 1. The Morgan fingerprint density at radius 3 is 2.39 bits per heavy atom. The maximum Gasteiger partial charge on any atom is 0.179 e. The second kappa shape index (κ2) is 6.42. The smallest absolute Gasteiger partial charge is 0.179 e. The lowest BCUT2D eigenvalue weighted by Gasteiger charge is -2.19. The van der Waals surface area contributed by atoms with Crippen LogP contribution in [0.15, 0.2) is 6.07 Å². The van der Waals surface area contributed by atoms with E-state index in [1.165, 1.54) is 6.42 Å². The lowest BCUT2D eigenvalue weighted by Crippen LogP contribution is -2.11. The van der Waals surface area contributed by atoms with Crippen LogP contribution in [0.4, 0.5) is 0 Å². The molecule has 1 rings (SSSR count). The predicted octanol–water partition coefficient (Wildman–Crippen LogP) is 4.52. The Morgan fingerprint density at radius 1 is 1.28 bits per heavy atom. The molecule has 1 atom stereocenters. The standard InChI is InChI=1S/C15H24ClNO/c1-10(2)6-7-11(3)17-12(4)8-14(13(17)5)15(18)9-16/h8,10-11H,6-7,9H2,1-5H3. The van der Waals surface area contributed by atoms with Crippen LogP contribution < -0.4 is 0 Å². The van der Waals surface area contributed by atoms with Crippen molar-refractivity contribution in [3.63, 3.8) is 0 Å². The quantitative estimate of drug-likeness (QED) is 0.550. The highest BCUT2D eigenvalue weighted by Gasteiger charge is 2.18. The Labute approximate surface area is 115 Å². The number of hydrogen-bond donors (Lipinski definition) is 0. The number of aromatic nitrogens is 1. The van der Waals surface area contributed by atoms with Crippen molar-refractivity contribution in [1.82, 2.24) is 4.57 Å². The van der Waals surface area contributed by atoms with Crippen molar-refractivity contribution >= 4 is 17.4 Å². The van der Waals surface area contributed by atoms with E-state index < -0.39 is 0 Å². The molecule has 1 heterocycles. The SMILES string of the molecule is Cc1cc(C(=O)CCl)c(C)n1C(C)CCC(C)C. The van der Waals surface area contributed by atoms with Crippen LogP contribution >= 0.6 is 11.6 Å². The second-order valence-electron chi connectivity index (χ2n) is 5.53. The van der Waals surface area contributed by atoms with Gasteiger partial charge in [0.05, 0.1) is 5.88 Å². The topological polar surface area (TPSA) is 22.0 Å². The molecule has 0 saturated carbocycles. The summed E-state index contributed by atoms with van der Waals surface area (Å²) >= 11 is 5.64. The molecule has 0 aliphatic heterocycles. The van der Waals surface area contributed by atoms with Gasteiger partial charge in [0, 0.05) is 23.0 Å². The first-order chi connectivity index (χ1) is 8.38. The summed E-state index contributed by atoms with van der Waals surface area (Å²) in [5.74, 6) is 0.796. The van der Waals surface area contributed by atoms with Crippen molar-refractivity contribution in [2.75, 3.05) is 5.88 Å². The molecule has 0 bridgehead atoms. The van der Waals surface area contributed by atoms with Crippen LogP contribution in [0.25, 0.3) is 0 Å². The minimum atomic E-state index is 0.0204. The van der Waals surface area contributed by atoms with E-state index in [1.807, 2.05) is 13.0 Å². The van der Waals surface area contributed by atoms with Gasteiger partial charge in [-0.15, -0.1) is 11.6 Å². The first-order valence-electron chi connectivity index (χ1n) is 6.66. The molecule has 0 aliphatic carbocycles. The van der Waals surface area contributed by atoms with Crippen molar-refractivity contribution in [3.8, 4) is 0 Å². The van der Waals surface area contributed by atoms with Crippen LogP contribution in [0, 0.1) is 19.8 Å². The van der Waals surface area contributed by atoms with Crippen LogP contribution in [-0.4, -0.2) is 16.2 Å². The molecule has 0 fully saturated rings. The summed E-state index contributed by atoms with van der Waals surface area (Å²) in [6.07, 6.45) is 2.35. The van der Waals surface area contributed by atoms with Gasteiger partial charge in [0.2, 0.25) is 0 Å². The van der Waals surface area contributed by atoms with Crippen molar-refractivity contribution < 1.29 is 4.79 Å². The summed E-state index contributed by atoms with van der Waals surface area (Å²) in [6, 6.07) is 2.40. The van der Waals surface area contributed by atoms with Gasteiger partial charge in [0.15, 0.2) is 5.78 Å². The molecule has 3 heteroatoms. The summed E-state index contributed by atoms with van der Waals surface area (Å²) in [7, 11) is 0. The number of carbonyl (C=O) groups excluding carboxylic acids is 1. The van der Waals surface area contributed by atoms with Gasteiger partial charge in [-0.1, -0.05) is 13.8 Å². The van der Waals surface area contributed by atoms with Crippen LogP contribution in [0.2, 0.25) is 0 Å². The molecule has 0 N–H and O–H groups in total. The van der Waals surface area contributed by atoms with Gasteiger partial charge >= 0.3 is 0 Å². The minimum Gasteiger partial charge on any atom is -0.346 e. The molecule has 18 heavy (non-hydrogen) atoms. The largest absolute Gasteiger partial charge is 0.346 e. The third-order valence-electron chi connectivity index (χ3n) is 3.51. The van der Waals surface area contributed by atoms with Crippen LogP contribution in [0.5, 0.6) is 0 Å². The number of hydrogen-bond acceptors (Lipinski definition) is 1. The highest BCUT2D eigenvalue weighted by atomic mass is 35.5. The Balaban J connectivity index is 2.95. The number of carbonyl (C=O) groups is 1. The maximum absolute atomic E-state index is 11.7. The molecule has 2 nitrogen and oxygen atoms in total. The monoisotopic (exact) mass is 269 g/mol. The first kappa shape index (κ1) is 15.3. The molecule has 0 radical (unpaired) electrons. The molecule has 0 saturated heterocycles. The van der Waals surface area contributed by atoms with Gasteiger partial charge in [0.25, 0.3) is 0 Å². The minimum absolute atomic E-state index is 0.0204. The molecule has 0 aliphatic rings. The predicted molar refractivity (Wildman–Crippen MR) is 77.7 cm³/mol. The zero-order chi connectivity index (χ0) is 13.9. The van der Waals surface area contributed by atoms with Crippen molar-refractivity contribution in [3.05, 3.63) is 23.0 Å². The van der Waals surface area contributed by atoms with E-state index in [2.05, 4.69) is 32.3 Å². The average Bonchev–Trinajstić information content (AvgIpc) is 2.61. The van der Waals surface area contributed by atoms with Crippen LogP contribution in [0.1, 0.15) is 61.4 Å². The fourth-order valence-corrected chi connectivity index (χ4v) is 2.66. The van der Waals surface area contributed by atoms with E-state index in [-0.39, 0.29) is 11.7 Å². The van der Waals surface area contributed by atoms with E-state index in [1.54, 1.807) is 0 Å². The fourth-order valence-electron chi connectivity index (χ4n) is 2.51. The summed E-state index contributed by atoms with van der Waals surface area (Å²) < 4.78 is 2.27. The van der Waals surface area contributed by atoms with E-state index in [4.69, 9.17) is 11.6 Å². The lowest BCUT2D eigenvalue weighted by molar-refractivity contribution is 0.102. The molecule has 0 spiro atoms. The third kappa shape index (κ3) is 3.38. The maximum atomic E-state index is 11.7.